The van der Waals surface area contributed by atoms with E-state index in [4.69, 9.17) is 9.47 Å². The van der Waals surface area contributed by atoms with E-state index >= 15 is 0 Å². The highest BCUT2D eigenvalue weighted by Crippen LogP contribution is 2.20. The van der Waals surface area contributed by atoms with Crippen LogP contribution in [0.2, 0.25) is 0 Å². The standard InChI is InChI=1S/C13H25NO3/c1-10(13(15)16-3)11(2)14-8-9-17-12-6-4-5-7-12/h10-12,14H,4-9H2,1-3H3. The highest BCUT2D eigenvalue weighted by molar-refractivity contribution is 5.72. The molecule has 0 aromatic rings. The lowest BCUT2D eigenvalue weighted by Crippen LogP contribution is -2.38. The highest BCUT2D eigenvalue weighted by Gasteiger charge is 2.20. The Labute approximate surface area is 104 Å². The van der Waals surface area contributed by atoms with Gasteiger partial charge in [-0.1, -0.05) is 19.8 Å². The van der Waals surface area contributed by atoms with Gasteiger partial charge in [0.05, 0.1) is 25.7 Å². The van der Waals surface area contributed by atoms with Gasteiger partial charge in [0.1, 0.15) is 0 Å². The molecule has 1 N–H and O–H groups in total. The number of carbonyl (C=O) groups excluding carboxylic acids is 1. The summed E-state index contributed by atoms with van der Waals surface area (Å²) in [6, 6.07) is 0.120. The van der Waals surface area contributed by atoms with Gasteiger partial charge in [-0.25, -0.2) is 0 Å². The Kier molecular flexibility index (Phi) is 6.52. The summed E-state index contributed by atoms with van der Waals surface area (Å²) < 4.78 is 10.5. The van der Waals surface area contributed by atoms with Gasteiger partial charge in [-0.3, -0.25) is 4.79 Å². The van der Waals surface area contributed by atoms with Gasteiger partial charge in [0.15, 0.2) is 0 Å². The Morgan fingerprint density at radius 3 is 2.59 bits per heavy atom. The van der Waals surface area contributed by atoms with E-state index in [1.807, 2.05) is 13.8 Å². The molecule has 0 spiro atoms. The first-order valence-electron chi connectivity index (χ1n) is 6.58. The lowest BCUT2D eigenvalue weighted by atomic mass is 10.0. The molecule has 1 aliphatic rings. The normalized spacial score (nSPS) is 20.2. The Bertz CT molecular complexity index is 227. The van der Waals surface area contributed by atoms with E-state index in [1.54, 1.807) is 0 Å². The Balaban J connectivity index is 2.06. The van der Waals surface area contributed by atoms with E-state index in [0.29, 0.717) is 6.10 Å². The molecule has 0 radical (unpaired) electrons. The van der Waals surface area contributed by atoms with Gasteiger partial charge in [-0.05, 0) is 19.8 Å². The highest BCUT2D eigenvalue weighted by atomic mass is 16.5. The fourth-order valence-electron chi connectivity index (χ4n) is 2.13. The SMILES string of the molecule is COC(=O)C(C)C(C)NCCOC1CCCC1. The average molecular weight is 243 g/mol. The van der Waals surface area contributed by atoms with Crippen molar-refractivity contribution < 1.29 is 14.3 Å². The van der Waals surface area contributed by atoms with Crippen molar-refractivity contribution in [3.05, 3.63) is 0 Å². The molecule has 4 nitrogen and oxygen atoms in total. The number of rotatable bonds is 7. The van der Waals surface area contributed by atoms with Crippen molar-refractivity contribution in [3.8, 4) is 0 Å². The van der Waals surface area contributed by atoms with E-state index in [1.165, 1.54) is 32.8 Å². The van der Waals surface area contributed by atoms with Crippen LogP contribution in [0.1, 0.15) is 39.5 Å². The molecule has 1 saturated carbocycles. The minimum absolute atomic E-state index is 0.119. The Hall–Kier alpha value is -0.610. The summed E-state index contributed by atoms with van der Waals surface area (Å²) in [5.74, 6) is -0.284. The van der Waals surface area contributed by atoms with Crippen LogP contribution in [-0.4, -0.2) is 38.4 Å². The smallest absolute Gasteiger partial charge is 0.309 e. The number of esters is 1. The van der Waals surface area contributed by atoms with E-state index < -0.39 is 0 Å². The summed E-state index contributed by atoms with van der Waals surface area (Å²) in [7, 11) is 1.43. The Morgan fingerprint density at radius 1 is 1.35 bits per heavy atom. The lowest BCUT2D eigenvalue weighted by molar-refractivity contribution is -0.145. The van der Waals surface area contributed by atoms with Crippen LogP contribution in [0.15, 0.2) is 0 Å². The topological polar surface area (TPSA) is 47.6 Å². The zero-order valence-electron chi connectivity index (χ0n) is 11.2. The van der Waals surface area contributed by atoms with Crippen molar-refractivity contribution in [1.82, 2.24) is 5.32 Å². The third kappa shape index (κ3) is 5.04. The van der Waals surface area contributed by atoms with Gasteiger partial charge in [0.25, 0.3) is 0 Å². The van der Waals surface area contributed by atoms with Crippen LogP contribution in [0.25, 0.3) is 0 Å². The Morgan fingerprint density at radius 2 is 2.00 bits per heavy atom. The maximum Gasteiger partial charge on any atom is 0.309 e. The molecule has 0 aliphatic heterocycles. The summed E-state index contributed by atoms with van der Waals surface area (Å²) in [6.07, 6.45) is 5.47. The lowest BCUT2D eigenvalue weighted by Gasteiger charge is -2.20. The van der Waals surface area contributed by atoms with Crippen LogP contribution in [0.5, 0.6) is 0 Å². The van der Waals surface area contributed by atoms with Crippen LogP contribution in [0.3, 0.4) is 0 Å². The molecular weight excluding hydrogens is 218 g/mol. The van der Waals surface area contributed by atoms with Gasteiger partial charge in [0.2, 0.25) is 0 Å². The van der Waals surface area contributed by atoms with Crippen molar-refractivity contribution in [1.29, 1.82) is 0 Å². The van der Waals surface area contributed by atoms with Crippen LogP contribution >= 0.6 is 0 Å². The summed E-state index contributed by atoms with van der Waals surface area (Å²) >= 11 is 0. The molecule has 100 valence electrons. The molecule has 0 amide bonds. The summed E-state index contributed by atoms with van der Waals surface area (Å²) in [5.41, 5.74) is 0. The molecule has 0 aromatic carbocycles. The van der Waals surface area contributed by atoms with Crippen molar-refractivity contribution in [2.45, 2.75) is 51.7 Å². The molecule has 0 aromatic heterocycles. The second-order valence-corrected chi connectivity index (χ2v) is 4.83. The number of hydrogen-bond acceptors (Lipinski definition) is 4. The molecular formula is C13H25NO3. The summed E-state index contributed by atoms with van der Waals surface area (Å²) in [5, 5.41) is 3.30. The van der Waals surface area contributed by atoms with Gasteiger partial charge >= 0.3 is 5.97 Å². The molecule has 17 heavy (non-hydrogen) atoms. The summed E-state index contributed by atoms with van der Waals surface area (Å²) in [4.78, 5) is 11.3. The van der Waals surface area contributed by atoms with Gasteiger partial charge in [-0.2, -0.15) is 0 Å². The molecule has 1 fully saturated rings. The first kappa shape index (κ1) is 14.5. The summed E-state index contributed by atoms with van der Waals surface area (Å²) in [6.45, 7) is 5.39. The fraction of sp³-hybridized carbons (Fsp3) is 0.923. The van der Waals surface area contributed by atoms with E-state index in [-0.39, 0.29) is 17.9 Å². The molecule has 1 rings (SSSR count). The van der Waals surface area contributed by atoms with E-state index in [9.17, 15) is 4.79 Å². The van der Waals surface area contributed by atoms with Gasteiger partial charge in [0, 0.05) is 12.6 Å². The minimum atomic E-state index is -0.165. The second-order valence-electron chi connectivity index (χ2n) is 4.83. The van der Waals surface area contributed by atoms with Crippen molar-refractivity contribution in [2.75, 3.05) is 20.3 Å². The van der Waals surface area contributed by atoms with Crippen LogP contribution in [0, 0.1) is 5.92 Å². The first-order chi connectivity index (χ1) is 8.15. The molecule has 2 atom stereocenters. The van der Waals surface area contributed by atoms with E-state index in [2.05, 4.69) is 5.32 Å². The van der Waals surface area contributed by atoms with Crippen LogP contribution < -0.4 is 5.32 Å². The van der Waals surface area contributed by atoms with Crippen LogP contribution in [0.4, 0.5) is 0 Å². The molecule has 0 saturated heterocycles. The predicted molar refractivity (Wildman–Crippen MR) is 66.9 cm³/mol. The molecule has 0 bridgehead atoms. The third-order valence-corrected chi connectivity index (χ3v) is 3.55. The number of nitrogens with one attached hydrogen (secondary N) is 1. The fourth-order valence-corrected chi connectivity index (χ4v) is 2.13. The largest absolute Gasteiger partial charge is 0.469 e. The molecule has 2 unspecified atom stereocenters. The minimum Gasteiger partial charge on any atom is -0.469 e. The van der Waals surface area contributed by atoms with Crippen molar-refractivity contribution in [3.63, 3.8) is 0 Å². The third-order valence-electron chi connectivity index (χ3n) is 3.55. The average Bonchev–Trinajstić information content (AvgIpc) is 2.85. The zero-order valence-corrected chi connectivity index (χ0v) is 11.2. The van der Waals surface area contributed by atoms with Gasteiger partial charge in [-0.15, -0.1) is 0 Å². The molecule has 4 heteroatoms. The predicted octanol–water partition coefficient (Wildman–Crippen LogP) is 1.73. The number of methoxy groups -OCH3 is 1. The quantitative estimate of drug-likeness (QED) is 0.546. The molecule has 1 aliphatic carbocycles. The second kappa shape index (κ2) is 7.67. The molecule has 0 heterocycles. The van der Waals surface area contributed by atoms with Gasteiger partial charge < -0.3 is 14.8 Å². The maximum absolute atomic E-state index is 11.3. The van der Waals surface area contributed by atoms with Crippen LogP contribution in [-0.2, 0) is 14.3 Å². The van der Waals surface area contributed by atoms with E-state index in [0.717, 1.165) is 13.2 Å². The van der Waals surface area contributed by atoms with Crippen molar-refractivity contribution in [2.24, 2.45) is 5.92 Å². The maximum atomic E-state index is 11.3. The first-order valence-corrected chi connectivity index (χ1v) is 6.58. The zero-order chi connectivity index (χ0) is 12.7. The number of ether oxygens (including phenoxy) is 2. The number of hydrogen-bond donors (Lipinski definition) is 1. The number of carbonyl (C=O) groups is 1. The van der Waals surface area contributed by atoms with Crippen molar-refractivity contribution >= 4 is 5.97 Å². The monoisotopic (exact) mass is 243 g/mol.